The maximum atomic E-state index is 12.6. The normalized spacial score (nSPS) is 20.8. The highest BCUT2D eigenvalue weighted by Crippen LogP contribution is 2.45. The number of carbonyl (C=O) groups is 1. The van der Waals surface area contributed by atoms with Crippen LogP contribution in [0.25, 0.3) is 0 Å². The minimum absolute atomic E-state index is 0.0330. The van der Waals surface area contributed by atoms with Crippen molar-refractivity contribution in [1.29, 1.82) is 0 Å². The summed E-state index contributed by atoms with van der Waals surface area (Å²) in [7, 11) is 0. The second-order valence-electron chi connectivity index (χ2n) is 5.32. The summed E-state index contributed by atoms with van der Waals surface area (Å²) in [5.74, 6) is 0.966. The van der Waals surface area contributed by atoms with Gasteiger partial charge in [-0.2, -0.15) is 0 Å². The Kier molecular flexibility index (Phi) is 4.83. The fourth-order valence-corrected chi connectivity index (χ4v) is 4.02. The SMILES string of the molecule is CCOc1ccc([C@@H]2S[C@H](C)C(=O)N2c2ccc(Cl)cc2)cc1. The van der Waals surface area contributed by atoms with Gasteiger partial charge in [-0.05, 0) is 55.8 Å². The largest absolute Gasteiger partial charge is 0.494 e. The third-order valence-electron chi connectivity index (χ3n) is 3.73. The standard InChI is InChI=1S/C18H18ClNO2S/c1-3-22-16-10-4-13(5-11-16)18-20(17(21)12(2)23-18)15-8-6-14(19)7-9-15/h4-12,18H,3H2,1-2H3/t12-,18+/m1/s1. The molecule has 1 saturated heterocycles. The number of ether oxygens (including phenoxy) is 1. The molecule has 2 atom stereocenters. The summed E-state index contributed by atoms with van der Waals surface area (Å²) in [5, 5.41) is 0.565. The highest BCUT2D eigenvalue weighted by atomic mass is 35.5. The number of halogens is 1. The number of benzene rings is 2. The van der Waals surface area contributed by atoms with Crippen LogP contribution < -0.4 is 9.64 Å². The van der Waals surface area contributed by atoms with Crippen LogP contribution in [0.1, 0.15) is 24.8 Å². The van der Waals surface area contributed by atoms with Gasteiger partial charge in [0.05, 0.1) is 11.9 Å². The van der Waals surface area contributed by atoms with E-state index in [1.54, 1.807) is 11.8 Å². The fraction of sp³-hybridized carbons (Fsp3) is 0.278. The second-order valence-corrected chi connectivity index (χ2v) is 7.18. The van der Waals surface area contributed by atoms with Gasteiger partial charge in [-0.25, -0.2) is 0 Å². The van der Waals surface area contributed by atoms with Gasteiger partial charge in [0.1, 0.15) is 11.1 Å². The van der Waals surface area contributed by atoms with E-state index < -0.39 is 0 Å². The van der Waals surface area contributed by atoms with E-state index in [2.05, 4.69) is 0 Å². The monoisotopic (exact) mass is 347 g/mol. The quantitative estimate of drug-likeness (QED) is 0.787. The van der Waals surface area contributed by atoms with Gasteiger partial charge in [-0.15, -0.1) is 11.8 Å². The van der Waals surface area contributed by atoms with E-state index in [4.69, 9.17) is 16.3 Å². The molecule has 0 N–H and O–H groups in total. The molecule has 0 aromatic heterocycles. The summed E-state index contributed by atoms with van der Waals surface area (Å²) < 4.78 is 5.49. The molecule has 1 heterocycles. The molecule has 3 rings (SSSR count). The lowest BCUT2D eigenvalue weighted by Gasteiger charge is -2.24. The van der Waals surface area contributed by atoms with E-state index in [0.29, 0.717) is 11.6 Å². The minimum Gasteiger partial charge on any atom is -0.494 e. The van der Waals surface area contributed by atoms with Crippen molar-refractivity contribution in [3.63, 3.8) is 0 Å². The van der Waals surface area contributed by atoms with Gasteiger partial charge in [-0.3, -0.25) is 9.69 Å². The van der Waals surface area contributed by atoms with Gasteiger partial charge < -0.3 is 4.74 Å². The number of rotatable bonds is 4. The molecule has 2 aromatic carbocycles. The molecule has 0 bridgehead atoms. The molecule has 3 nitrogen and oxygen atoms in total. The molecule has 0 unspecified atom stereocenters. The average Bonchev–Trinajstić information content (AvgIpc) is 2.85. The van der Waals surface area contributed by atoms with Crippen molar-refractivity contribution in [2.24, 2.45) is 0 Å². The highest BCUT2D eigenvalue weighted by molar-refractivity contribution is 8.01. The first-order chi connectivity index (χ1) is 11.1. The average molecular weight is 348 g/mol. The van der Waals surface area contributed by atoms with Gasteiger partial charge in [0.15, 0.2) is 0 Å². The Morgan fingerprint density at radius 2 is 1.78 bits per heavy atom. The summed E-state index contributed by atoms with van der Waals surface area (Å²) in [4.78, 5) is 14.4. The zero-order valence-electron chi connectivity index (χ0n) is 13.0. The molecule has 1 aliphatic rings. The number of carbonyl (C=O) groups excluding carboxylic acids is 1. The van der Waals surface area contributed by atoms with Crippen LogP contribution in [-0.2, 0) is 4.79 Å². The van der Waals surface area contributed by atoms with Crippen LogP contribution in [0.5, 0.6) is 5.75 Å². The Balaban J connectivity index is 1.92. The van der Waals surface area contributed by atoms with Crippen LogP contribution >= 0.6 is 23.4 Å². The van der Waals surface area contributed by atoms with Crippen molar-refractivity contribution >= 4 is 35.0 Å². The molecule has 0 radical (unpaired) electrons. The summed E-state index contributed by atoms with van der Waals surface area (Å²) in [5.41, 5.74) is 1.96. The van der Waals surface area contributed by atoms with E-state index >= 15 is 0 Å². The van der Waals surface area contributed by atoms with Crippen LogP contribution in [0.15, 0.2) is 48.5 Å². The predicted octanol–water partition coefficient (Wildman–Crippen LogP) is 4.91. The first-order valence-corrected chi connectivity index (χ1v) is 8.89. The number of nitrogens with zero attached hydrogens (tertiary/aromatic N) is 1. The van der Waals surface area contributed by atoms with Crippen molar-refractivity contribution in [3.8, 4) is 5.75 Å². The van der Waals surface area contributed by atoms with E-state index in [9.17, 15) is 4.79 Å². The van der Waals surface area contributed by atoms with Crippen molar-refractivity contribution in [3.05, 3.63) is 59.1 Å². The molecule has 1 fully saturated rings. The van der Waals surface area contributed by atoms with Crippen LogP contribution in [-0.4, -0.2) is 17.8 Å². The summed E-state index contributed by atoms with van der Waals surface area (Å²) in [6.07, 6.45) is 0. The maximum absolute atomic E-state index is 12.6. The molecular formula is C18H18ClNO2S. The summed E-state index contributed by atoms with van der Waals surface area (Å²) in [6.45, 7) is 4.55. The van der Waals surface area contributed by atoms with Crippen LogP contribution in [0, 0.1) is 0 Å². The van der Waals surface area contributed by atoms with Crippen LogP contribution in [0.3, 0.4) is 0 Å². The number of thioether (sulfide) groups is 1. The Hall–Kier alpha value is -1.65. The molecule has 23 heavy (non-hydrogen) atoms. The Morgan fingerprint density at radius 1 is 1.13 bits per heavy atom. The molecule has 1 amide bonds. The molecule has 0 aliphatic carbocycles. The molecule has 0 spiro atoms. The summed E-state index contributed by atoms with van der Waals surface area (Å²) in [6, 6.07) is 15.4. The second kappa shape index (κ2) is 6.85. The number of hydrogen-bond acceptors (Lipinski definition) is 3. The van der Waals surface area contributed by atoms with Gasteiger partial charge in [0.25, 0.3) is 0 Å². The number of amides is 1. The van der Waals surface area contributed by atoms with E-state index in [1.807, 2.05) is 67.3 Å². The molecule has 2 aromatic rings. The van der Waals surface area contributed by atoms with Crippen molar-refractivity contribution in [2.45, 2.75) is 24.5 Å². The Bertz CT molecular complexity index is 687. The van der Waals surface area contributed by atoms with Gasteiger partial charge in [0.2, 0.25) is 5.91 Å². The fourth-order valence-electron chi connectivity index (χ4n) is 2.61. The third-order valence-corrected chi connectivity index (χ3v) is 5.34. The lowest BCUT2D eigenvalue weighted by atomic mass is 10.1. The third kappa shape index (κ3) is 3.33. The lowest BCUT2D eigenvalue weighted by Crippen LogP contribution is -2.30. The topological polar surface area (TPSA) is 29.5 Å². The van der Waals surface area contributed by atoms with Gasteiger partial charge in [-0.1, -0.05) is 23.7 Å². The van der Waals surface area contributed by atoms with E-state index in [-0.39, 0.29) is 16.5 Å². The highest BCUT2D eigenvalue weighted by Gasteiger charge is 2.39. The molecular weight excluding hydrogens is 330 g/mol. The van der Waals surface area contributed by atoms with Crippen molar-refractivity contribution in [1.82, 2.24) is 0 Å². The lowest BCUT2D eigenvalue weighted by molar-refractivity contribution is -0.117. The predicted molar refractivity (Wildman–Crippen MR) is 96.3 cm³/mol. The molecule has 120 valence electrons. The van der Waals surface area contributed by atoms with Gasteiger partial charge in [0, 0.05) is 10.7 Å². The summed E-state index contributed by atoms with van der Waals surface area (Å²) >= 11 is 7.62. The Labute approximate surface area is 145 Å². The van der Waals surface area contributed by atoms with Crippen LogP contribution in [0.4, 0.5) is 5.69 Å². The zero-order valence-corrected chi connectivity index (χ0v) is 14.6. The first-order valence-electron chi connectivity index (χ1n) is 7.57. The molecule has 0 saturated carbocycles. The first kappa shape index (κ1) is 16.2. The minimum atomic E-state index is -0.0674. The van der Waals surface area contributed by atoms with Crippen molar-refractivity contribution in [2.75, 3.05) is 11.5 Å². The number of anilines is 1. The molecule has 1 aliphatic heterocycles. The Morgan fingerprint density at radius 3 is 2.39 bits per heavy atom. The van der Waals surface area contributed by atoms with Crippen molar-refractivity contribution < 1.29 is 9.53 Å². The zero-order chi connectivity index (χ0) is 16.4. The van der Waals surface area contributed by atoms with Gasteiger partial charge >= 0.3 is 0 Å². The van der Waals surface area contributed by atoms with Crippen LogP contribution in [0.2, 0.25) is 5.02 Å². The molecule has 5 heteroatoms. The smallest absolute Gasteiger partial charge is 0.241 e. The van der Waals surface area contributed by atoms with E-state index in [0.717, 1.165) is 17.0 Å². The van der Waals surface area contributed by atoms with E-state index in [1.165, 1.54) is 0 Å². The number of hydrogen-bond donors (Lipinski definition) is 0. The maximum Gasteiger partial charge on any atom is 0.241 e.